The molecule has 2 rings (SSSR count). The van der Waals surface area contributed by atoms with Gasteiger partial charge in [-0.3, -0.25) is 9.59 Å². The Bertz CT molecular complexity index is 519. The Morgan fingerprint density at radius 2 is 2.00 bits per heavy atom. The lowest BCUT2D eigenvalue weighted by molar-refractivity contribution is -0.142. The molecule has 2 unspecified atom stereocenters. The van der Waals surface area contributed by atoms with Gasteiger partial charge in [0, 0.05) is 15.0 Å². The van der Waals surface area contributed by atoms with Gasteiger partial charge in [0.2, 0.25) is 0 Å². The molecule has 6 heteroatoms. The average molecular weight is 391 g/mol. The second-order valence-corrected chi connectivity index (χ2v) is 6.35. The molecule has 0 bridgehead atoms. The normalized spacial score (nSPS) is 22.2. The Kier molecular flexibility index (Phi) is 4.62. The van der Waals surface area contributed by atoms with Gasteiger partial charge in [0.1, 0.15) is 0 Å². The Balaban J connectivity index is 2.10. The maximum absolute atomic E-state index is 12.2. The lowest BCUT2D eigenvalue weighted by Crippen LogP contribution is -2.40. The van der Waals surface area contributed by atoms with Crippen molar-refractivity contribution >= 4 is 43.7 Å². The molecule has 1 aliphatic carbocycles. The van der Waals surface area contributed by atoms with Gasteiger partial charge in [-0.05, 0) is 47.0 Å². The van der Waals surface area contributed by atoms with Gasteiger partial charge in [-0.2, -0.15) is 0 Å². The molecule has 2 atom stereocenters. The molecule has 1 amide bonds. The van der Waals surface area contributed by atoms with E-state index in [9.17, 15) is 9.59 Å². The van der Waals surface area contributed by atoms with E-state index in [1.54, 1.807) is 18.2 Å². The third kappa shape index (κ3) is 3.36. The van der Waals surface area contributed by atoms with Crippen LogP contribution in [0.2, 0.25) is 0 Å². The molecule has 0 saturated heterocycles. The number of carbonyl (C=O) groups is 2. The SMILES string of the molecule is O=C(NC1CCCC1C(=O)O)c1ccc(Br)cc1Br. The monoisotopic (exact) mass is 389 g/mol. The molecule has 1 saturated carbocycles. The second-order valence-electron chi connectivity index (χ2n) is 4.58. The van der Waals surface area contributed by atoms with E-state index in [0.29, 0.717) is 16.5 Å². The van der Waals surface area contributed by atoms with Gasteiger partial charge in [0.15, 0.2) is 0 Å². The highest BCUT2D eigenvalue weighted by molar-refractivity contribution is 9.11. The van der Waals surface area contributed by atoms with Crippen molar-refractivity contribution < 1.29 is 14.7 Å². The minimum absolute atomic E-state index is 0.238. The molecule has 19 heavy (non-hydrogen) atoms. The first-order valence-corrected chi connectivity index (χ1v) is 7.56. The summed E-state index contributed by atoms with van der Waals surface area (Å²) in [6.45, 7) is 0. The fourth-order valence-corrected chi connectivity index (χ4v) is 3.58. The minimum Gasteiger partial charge on any atom is -0.481 e. The first kappa shape index (κ1) is 14.5. The highest BCUT2D eigenvalue weighted by atomic mass is 79.9. The van der Waals surface area contributed by atoms with Crippen LogP contribution in [-0.4, -0.2) is 23.0 Å². The van der Waals surface area contributed by atoms with Crippen LogP contribution in [0.3, 0.4) is 0 Å². The summed E-state index contributed by atoms with van der Waals surface area (Å²) in [5, 5.41) is 11.9. The van der Waals surface area contributed by atoms with Crippen LogP contribution in [0.1, 0.15) is 29.6 Å². The largest absolute Gasteiger partial charge is 0.481 e. The first-order valence-electron chi connectivity index (χ1n) is 5.98. The molecule has 1 aromatic carbocycles. The third-order valence-corrected chi connectivity index (χ3v) is 4.47. The number of amides is 1. The van der Waals surface area contributed by atoms with Crippen molar-refractivity contribution in [3.05, 3.63) is 32.7 Å². The van der Waals surface area contributed by atoms with Crippen molar-refractivity contribution in [3.63, 3.8) is 0 Å². The van der Waals surface area contributed by atoms with E-state index in [-0.39, 0.29) is 11.9 Å². The fourth-order valence-electron chi connectivity index (χ4n) is 2.35. The van der Waals surface area contributed by atoms with Crippen molar-refractivity contribution in [2.45, 2.75) is 25.3 Å². The van der Waals surface area contributed by atoms with Crippen LogP contribution in [0.15, 0.2) is 27.1 Å². The third-order valence-electron chi connectivity index (χ3n) is 3.33. The second kappa shape index (κ2) is 6.05. The Hall–Kier alpha value is -0.880. The standard InChI is InChI=1S/C13H13Br2NO3/c14-7-4-5-8(10(15)6-7)12(17)16-11-3-1-2-9(11)13(18)19/h4-6,9,11H,1-3H2,(H,16,17)(H,18,19). The lowest BCUT2D eigenvalue weighted by atomic mass is 10.0. The van der Waals surface area contributed by atoms with E-state index in [1.807, 2.05) is 0 Å². The lowest BCUT2D eigenvalue weighted by Gasteiger charge is -2.18. The summed E-state index contributed by atoms with van der Waals surface area (Å²) in [6, 6.07) is 5.00. The van der Waals surface area contributed by atoms with Crippen molar-refractivity contribution in [3.8, 4) is 0 Å². The molecule has 1 aliphatic rings. The van der Waals surface area contributed by atoms with Crippen LogP contribution in [0.5, 0.6) is 0 Å². The van der Waals surface area contributed by atoms with Crippen LogP contribution in [0.4, 0.5) is 0 Å². The summed E-state index contributed by atoms with van der Waals surface area (Å²) < 4.78 is 1.56. The number of carboxylic acid groups (broad SMARTS) is 1. The summed E-state index contributed by atoms with van der Waals surface area (Å²) in [7, 11) is 0. The number of nitrogens with one attached hydrogen (secondary N) is 1. The summed E-state index contributed by atoms with van der Waals surface area (Å²) in [4.78, 5) is 23.2. The zero-order valence-corrected chi connectivity index (χ0v) is 13.2. The summed E-state index contributed by atoms with van der Waals surface area (Å²) in [5.41, 5.74) is 0.513. The molecule has 0 aliphatic heterocycles. The van der Waals surface area contributed by atoms with Gasteiger partial charge >= 0.3 is 5.97 Å². The molecule has 0 spiro atoms. The minimum atomic E-state index is -0.835. The predicted octanol–water partition coefficient (Wildman–Crippen LogP) is 3.19. The van der Waals surface area contributed by atoms with E-state index >= 15 is 0 Å². The maximum Gasteiger partial charge on any atom is 0.308 e. The molecule has 0 radical (unpaired) electrons. The average Bonchev–Trinajstić information content (AvgIpc) is 2.76. The topological polar surface area (TPSA) is 66.4 Å². The van der Waals surface area contributed by atoms with Crippen molar-refractivity contribution in [1.29, 1.82) is 0 Å². The number of hydrogen-bond donors (Lipinski definition) is 2. The van der Waals surface area contributed by atoms with Gasteiger partial charge in [0.05, 0.1) is 11.5 Å². The molecule has 102 valence electrons. The van der Waals surface area contributed by atoms with Crippen LogP contribution in [0.25, 0.3) is 0 Å². The van der Waals surface area contributed by atoms with Gasteiger partial charge in [-0.15, -0.1) is 0 Å². The number of hydrogen-bond acceptors (Lipinski definition) is 2. The smallest absolute Gasteiger partial charge is 0.308 e. The van der Waals surface area contributed by atoms with Gasteiger partial charge in [-0.1, -0.05) is 22.4 Å². The van der Waals surface area contributed by atoms with Crippen molar-refractivity contribution in [2.75, 3.05) is 0 Å². The van der Waals surface area contributed by atoms with Crippen LogP contribution < -0.4 is 5.32 Å². The van der Waals surface area contributed by atoms with E-state index < -0.39 is 11.9 Å². The molecule has 1 aromatic rings. The summed E-state index contributed by atoms with van der Waals surface area (Å²) in [6.07, 6.45) is 2.18. The van der Waals surface area contributed by atoms with Gasteiger partial charge in [-0.25, -0.2) is 0 Å². The fraction of sp³-hybridized carbons (Fsp3) is 0.385. The zero-order chi connectivity index (χ0) is 14.0. The Labute approximate surface area is 127 Å². The van der Waals surface area contributed by atoms with E-state index in [1.165, 1.54) is 0 Å². The van der Waals surface area contributed by atoms with Crippen molar-refractivity contribution in [1.82, 2.24) is 5.32 Å². The molecule has 0 heterocycles. The Morgan fingerprint density at radius 1 is 1.26 bits per heavy atom. The number of carbonyl (C=O) groups excluding carboxylic acids is 1. The number of carboxylic acids is 1. The zero-order valence-electron chi connectivity index (χ0n) is 10.0. The number of halogens is 2. The highest BCUT2D eigenvalue weighted by Crippen LogP contribution is 2.27. The van der Waals surface area contributed by atoms with Crippen LogP contribution in [-0.2, 0) is 4.79 Å². The Morgan fingerprint density at radius 3 is 2.63 bits per heavy atom. The number of rotatable bonds is 3. The molecule has 4 nitrogen and oxygen atoms in total. The number of aliphatic carboxylic acids is 1. The van der Waals surface area contributed by atoms with Crippen molar-refractivity contribution in [2.24, 2.45) is 5.92 Å². The maximum atomic E-state index is 12.2. The summed E-state index contributed by atoms with van der Waals surface area (Å²) in [5.74, 6) is -1.55. The van der Waals surface area contributed by atoms with E-state index in [2.05, 4.69) is 37.2 Å². The first-order chi connectivity index (χ1) is 8.99. The molecule has 0 aromatic heterocycles. The van der Waals surface area contributed by atoms with E-state index in [0.717, 1.165) is 17.3 Å². The molecular formula is C13H13Br2NO3. The van der Waals surface area contributed by atoms with Crippen LogP contribution >= 0.6 is 31.9 Å². The van der Waals surface area contributed by atoms with E-state index in [4.69, 9.17) is 5.11 Å². The highest BCUT2D eigenvalue weighted by Gasteiger charge is 2.34. The van der Waals surface area contributed by atoms with Gasteiger partial charge in [0.25, 0.3) is 5.91 Å². The quantitative estimate of drug-likeness (QED) is 0.832. The molecule has 2 N–H and O–H groups in total. The van der Waals surface area contributed by atoms with Crippen LogP contribution in [0, 0.1) is 5.92 Å². The molecule has 1 fully saturated rings. The number of benzene rings is 1. The summed E-state index contributed by atoms with van der Waals surface area (Å²) >= 11 is 6.66. The molecular weight excluding hydrogens is 378 g/mol. The van der Waals surface area contributed by atoms with Gasteiger partial charge < -0.3 is 10.4 Å². The predicted molar refractivity (Wildman–Crippen MR) is 78.1 cm³/mol.